The maximum absolute atomic E-state index is 12.6. The third kappa shape index (κ3) is 5.92. The molecule has 1 amide bonds. The van der Waals surface area contributed by atoms with Crippen molar-refractivity contribution in [2.24, 2.45) is 0 Å². The number of nitrogens with zero attached hydrogens (tertiary/aromatic N) is 2. The van der Waals surface area contributed by atoms with Gasteiger partial charge in [-0.25, -0.2) is 4.98 Å². The van der Waals surface area contributed by atoms with Crippen LogP contribution in [-0.4, -0.2) is 28.1 Å². The third-order valence-electron chi connectivity index (χ3n) is 4.02. The lowest BCUT2D eigenvalue weighted by atomic mass is 10.00. The van der Waals surface area contributed by atoms with Crippen LogP contribution in [-0.2, 0) is 0 Å². The average molecular weight is 400 g/mol. The van der Waals surface area contributed by atoms with Crippen molar-refractivity contribution in [3.8, 4) is 11.8 Å². The van der Waals surface area contributed by atoms with Gasteiger partial charge in [0, 0.05) is 30.1 Å². The molecule has 0 radical (unpaired) electrons. The molecule has 0 saturated carbocycles. The van der Waals surface area contributed by atoms with E-state index in [0.29, 0.717) is 22.5 Å². The van der Waals surface area contributed by atoms with Gasteiger partial charge >= 0.3 is 0 Å². The van der Waals surface area contributed by atoms with Crippen LogP contribution in [0.3, 0.4) is 0 Å². The number of ether oxygens (including phenoxy) is 2. The number of carbonyl (C=O) groups excluding carboxylic acids is 1. The summed E-state index contributed by atoms with van der Waals surface area (Å²) >= 11 is 1.36. The zero-order chi connectivity index (χ0) is 19.9. The molecule has 7 heteroatoms. The standard InChI is InChI=1S/C21H25N3O3S/c1-14(2)26-18-12-17(20(25)24-21-22-9-10-28-21)13-19(23-18)27-15(3)11-16-7-5-4-6-8-16/h4-5,7,9-10,12-15H,6,8,11H2,1-3H3,(H,22,24,25)/t15-/m1/s1. The molecule has 148 valence electrons. The van der Waals surface area contributed by atoms with Crippen molar-refractivity contribution in [1.29, 1.82) is 0 Å². The van der Waals surface area contributed by atoms with Gasteiger partial charge < -0.3 is 9.47 Å². The molecule has 0 spiro atoms. The van der Waals surface area contributed by atoms with Gasteiger partial charge in [0.25, 0.3) is 5.91 Å². The van der Waals surface area contributed by atoms with Crippen LogP contribution >= 0.6 is 11.3 Å². The first kappa shape index (κ1) is 20.1. The van der Waals surface area contributed by atoms with Gasteiger partial charge in [-0.1, -0.05) is 23.8 Å². The second-order valence-electron chi connectivity index (χ2n) is 6.91. The summed E-state index contributed by atoms with van der Waals surface area (Å²) in [6, 6.07) is 3.26. The zero-order valence-electron chi connectivity index (χ0n) is 16.3. The number of nitrogens with one attached hydrogen (secondary N) is 1. The number of hydrogen-bond acceptors (Lipinski definition) is 6. The minimum atomic E-state index is -0.274. The Labute approximate surface area is 169 Å². The van der Waals surface area contributed by atoms with E-state index in [-0.39, 0.29) is 18.1 Å². The SMILES string of the molecule is CC(C)Oc1cc(C(=O)Nc2nccs2)cc(O[C@H](C)CC2=CC=CCC2)n1. The van der Waals surface area contributed by atoms with Crippen LogP contribution in [0.25, 0.3) is 0 Å². The molecule has 0 bridgehead atoms. The number of pyridine rings is 1. The molecule has 0 saturated heterocycles. The number of rotatable bonds is 8. The highest BCUT2D eigenvalue weighted by atomic mass is 32.1. The molecule has 3 rings (SSSR count). The molecule has 0 aliphatic heterocycles. The van der Waals surface area contributed by atoms with Crippen molar-refractivity contribution in [2.75, 3.05) is 5.32 Å². The Morgan fingerprint density at radius 3 is 2.68 bits per heavy atom. The molecule has 6 nitrogen and oxygen atoms in total. The van der Waals surface area contributed by atoms with E-state index in [0.717, 1.165) is 19.3 Å². The van der Waals surface area contributed by atoms with Crippen molar-refractivity contribution < 1.29 is 14.3 Å². The van der Waals surface area contributed by atoms with Gasteiger partial charge in [0.1, 0.15) is 6.10 Å². The van der Waals surface area contributed by atoms with Gasteiger partial charge in [0.05, 0.1) is 11.7 Å². The molecule has 0 unspecified atom stereocenters. The minimum absolute atomic E-state index is 0.0607. The van der Waals surface area contributed by atoms with Gasteiger partial charge in [-0.05, 0) is 33.6 Å². The van der Waals surface area contributed by atoms with Crippen molar-refractivity contribution in [3.63, 3.8) is 0 Å². The Hall–Kier alpha value is -2.67. The number of aromatic nitrogens is 2. The second-order valence-corrected chi connectivity index (χ2v) is 7.81. The van der Waals surface area contributed by atoms with Crippen molar-refractivity contribution >= 4 is 22.4 Å². The number of allylic oxidation sites excluding steroid dienone is 3. The van der Waals surface area contributed by atoms with Crippen molar-refractivity contribution in [3.05, 3.63) is 53.1 Å². The molecule has 1 N–H and O–H groups in total. The number of thiazole rings is 1. The summed E-state index contributed by atoms with van der Waals surface area (Å²) in [5.74, 6) is 0.467. The predicted molar refractivity (Wildman–Crippen MR) is 111 cm³/mol. The largest absolute Gasteiger partial charge is 0.475 e. The Balaban J connectivity index is 1.75. The highest BCUT2D eigenvalue weighted by molar-refractivity contribution is 7.13. The van der Waals surface area contributed by atoms with Crippen molar-refractivity contribution in [1.82, 2.24) is 9.97 Å². The smallest absolute Gasteiger partial charge is 0.257 e. The molecule has 1 aliphatic rings. The number of hydrogen-bond donors (Lipinski definition) is 1. The zero-order valence-corrected chi connectivity index (χ0v) is 17.2. The molecule has 2 heterocycles. The molecule has 2 aromatic rings. The summed E-state index contributed by atoms with van der Waals surface area (Å²) in [5.41, 5.74) is 1.77. The van der Waals surface area contributed by atoms with Crippen LogP contribution in [0.5, 0.6) is 11.8 Å². The van der Waals surface area contributed by atoms with E-state index in [1.807, 2.05) is 20.8 Å². The highest BCUT2D eigenvalue weighted by Gasteiger charge is 2.16. The number of anilines is 1. The van der Waals surface area contributed by atoms with E-state index in [9.17, 15) is 4.79 Å². The van der Waals surface area contributed by atoms with Gasteiger partial charge in [0.2, 0.25) is 11.8 Å². The van der Waals surface area contributed by atoms with Crippen molar-refractivity contribution in [2.45, 2.75) is 52.2 Å². The summed E-state index contributed by atoms with van der Waals surface area (Å²) in [5, 5.41) is 5.13. The molecule has 1 aliphatic carbocycles. The van der Waals surface area contributed by atoms with Gasteiger partial charge in [0.15, 0.2) is 5.13 Å². The first-order valence-corrected chi connectivity index (χ1v) is 10.3. The Kier molecular flexibility index (Phi) is 6.81. The summed E-state index contributed by atoms with van der Waals surface area (Å²) in [7, 11) is 0. The van der Waals surface area contributed by atoms with Gasteiger partial charge in [-0.15, -0.1) is 11.3 Å². The maximum atomic E-state index is 12.6. The van der Waals surface area contributed by atoms with E-state index >= 15 is 0 Å². The van der Waals surface area contributed by atoms with Gasteiger partial charge in [-0.3, -0.25) is 10.1 Å². The Bertz CT molecular complexity index is 860. The normalized spacial score (nSPS) is 14.5. The molecule has 0 fully saturated rings. The monoisotopic (exact) mass is 399 g/mol. The van der Waals surface area contributed by atoms with E-state index in [1.165, 1.54) is 16.9 Å². The quantitative estimate of drug-likeness (QED) is 0.675. The Morgan fingerprint density at radius 2 is 2.04 bits per heavy atom. The fourth-order valence-electron chi connectivity index (χ4n) is 2.87. The van der Waals surface area contributed by atoms with Crippen LogP contribution in [0.15, 0.2) is 47.5 Å². The molecular weight excluding hydrogens is 374 g/mol. The summed E-state index contributed by atoms with van der Waals surface area (Å²) in [6.45, 7) is 5.83. The first-order chi connectivity index (χ1) is 13.5. The average Bonchev–Trinajstić information content (AvgIpc) is 3.14. The van der Waals surface area contributed by atoms with Crippen LogP contribution in [0.1, 0.15) is 50.4 Å². The topological polar surface area (TPSA) is 73.3 Å². The lowest BCUT2D eigenvalue weighted by Crippen LogP contribution is -2.17. The molecule has 0 aromatic carbocycles. The minimum Gasteiger partial charge on any atom is -0.475 e. The molecule has 2 aromatic heterocycles. The predicted octanol–water partition coefficient (Wildman–Crippen LogP) is 5.01. The van der Waals surface area contributed by atoms with E-state index in [2.05, 4.69) is 33.5 Å². The third-order valence-corrected chi connectivity index (χ3v) is 4.71. The van der Waals surface area contributed by atoms with Crippen LogP contribution in [0.2, 0.25) is 0 Å². The number of amides is 1. The van der Waals surface area contributed by atoms with E-state index in [1.54, 1.807) is 23.7 Å². The van der Waals surface area contributed by atoms with E-state index in [4.69, 9.17) is 9.47 Å². The summed E-state index contributed by atoms with van der Waals surface area (Å²) in [4.78, 5) is 21.1. The fraction of sp³-hybridized carbons (Fsp3) is 0.381. The lowest BCUT2D eigenvalue weighted by molar-refractivity contribution is 0.102. The fourth-order valence-corrected chi connectivity index (χ4v) is 3.39. The summed E-state index contributed by atoms with van der Waals surface area (Å²) < 4.78 is 11.7. The van der Waals surface area contributed by atoms with Crippen LogP contribution < -0.4 is 14.8 Å². The van der Waals surface area contributed by atoms with E-state index < -0.39 is 0 Å². The molecule has 1 atom stereocenters. The molecular formula is C21H25N3O3S. The summed E-state index contributed by atoms with van der Waals surface area (Å²) in [6.07, 6.45) is 10.8. The lowest BCUT2D eigenvalue weighted by Gasteiger charge is -2.18. The van der Waals surface area contributed by atoms with Gasteiger partial charge in [-0.2, -0.15) is 4.98 Å². The van der Waals surface area contributed by atoms with Crippen LogP contribution in [0.4, 0.5) is 5.13 Å². The number of carbonyl (C=O) groups is 1. The van der Waals surface area contributed by atoms with Crippen LogP contribution in [0, 0.1) is 0 Å². The first-order valence-electron chi connectivity index (χ1n) is 9.40. The second kappa shape index (κ2) is 9.50. The molecule has 28 heavy (non-hydrogen) atoms. The highest BCUT2D eigenvalue weighted by Crippen LogP contribution is 2.24. The maximum Gasteiger partial charge on any atom is 0.257 e. The Morgan fingerprint density at radius 1 is 1.25 bits per heavy atom.